The van der Waals surface area contributed by atoms with Crippen LogP contribution in [0.1, 0.15) is 31.4 Å². The molecule has 0 aromatic heterocycles. The van der Waals surface area contributed by atoms with Crippen LogP contribution in [0.3, 0.4) is 0 Å². The third-order valence-electron chi connectivity index (χ3n) is 2.95. The van der Waals surface area contributed by atoms with Crippen LogP contribution in [0.2, 0.25) is 0 Å². The van der Waals surface area contributed by atoms with Gasteiger partial charge >= 0.3 is 0 Å². The molecule has 2 heteroatoms. The summed E-state index contributed by atoms with van der Waals surface area (Å²) in [5.41, 5.74) is 0.819. The molecule has 2 atom stereocenters. The summed E-state index contributed by atoms with van der Waals surface area (Å²) in [5.74, 6) is 0.611. The molecule has 14 heavy (non-hydrogen) atoms. The molecule has 0 spiro atoms. The van der Waals surface area contributed by atoms with Crippen molar-refractivity contribution in [2.45, 2.75) is 25.8 Å². The van der Waals surface area contributed by atoms with Crippen molar-refractivity contribution in [3.63, 3.8) is 0 Å². The lowest BCUT2D eigenvalue weighted by Crippen LogP contribution is -2.31. The lowest BCUT2D eigenvalue weighted by molar-refractivity contribution is 0.319. The molecule has 0 saturated carbocycles. The average Bonchev–Trinajstić information content (AvgIpc) is 2.18. The Morgan fingerprint density at radius 3 is 2.86 bits per heavy atom. The molecule has 1 aliphatic heterocycles. The largest absolute Gasteiger partial charge is 0.310 e. The maximum absolute atomic E-state index is 13.5. The van der Waals surface area contributed by atoms with Crippen LogP contribution in [-0.4, -0.2) is 6.54 Å². The van der Waals surface area contributed by atoms with E-state index < -0.39 is 0 Å². The van der Waals surface area contributed by atoms with E-state index in [0.29, 0.717) is 5.92 Å². The summed E-state index contributed by atoms with van der Waals surface area (Å²) in [6.07, 6.45) is 2.24. The molecule has 0 amide bonds. The molecule has 1 aliphatic rings. The topological polar surface area (TPSA) is 12.0 Å². The predicted molar refractivity (Wildman–Crippen MR) is 55.5 cm³/mol. The molecule has 76 valence electrons. The summed E-state index contributed by atoms with van der Waals surface area (Å²) in [4.78, 5) is 0. The van der Waals surface area contributed by atoms with E-state index in [0.717, 1.165) is 18.5 Å². The van der Waals surface area contributed by atoms with E-state index in [9.17, 15) is 4.39 Å². The van der Waals surface area contributed by atoms with Gasteiger partial charge in [0.25, 0.3) is 0 Å². The minimum atomic E-state index is -0.0842. The zero-order chi connectivity index (χ0) is 9.97. The van der Waals surface area contributed by atoms with Crippen molar-refractivity contribution in [3.8, 4) is 0 Å². The maximum Gasteiger partial charge on any atom is 0.127 e. The van der Waals surface area contributed by atoms with Crippen LogP contribution < -0.4 is 5.32 Å². The quantitative estimate of drug-likeness (QED) is 0.723. The van der Waals surface area contributed by atoms with Crippen LogP contribution >= 0.6 is 0 Å². The van der Waals surface area contributed by atoms with Crippen LogP contribution in [0.5, 0.6) is 0 Å². The van der Waals surface area contributed by atoms with Gasteiger partial charge in [-0.3, -0.25) is 0 Å². The molecule has 1 N–H and O–H groups in total. The summed E-state index contributed by atoms with van der Waals surface area (Å²) in [6.45, 7) is 3.23. The van der Waals surface area contributed by atoms with Gasteiger partial charge in [0.15, 0.2) is 0 Å². The standard InChI is InChI=1S/C12H16FN/c1-9-6-7-14-12(8-9)10-4-2-3-5-11(10)13/h2-5,9,12,14H,6-8H2,1H3/t9?,12-/m0/s1. The highest BCUT2D eigenvalue weighted by atomic mass is 19.1. The van der Waals surface area contributed by atoms with Crippen molar-refractivity contribution in [2.24, 2.45) is 5.92 Å². The maximum atomic E-state index is 13.5. The Morgan fingerprint density at radius 1 is 1.36 bits per heavy atom. The molecule has 1 aromatic carbocycles. The summed E-state index contributed by atoms with van der Waals surface area (Å²) >= 11 is 0. The number of benzene rings is 1. The van der Waals surface area contributed by atoms with E-state index in [1.54, 1.807) is 6.07 Å². The van der Waals surface area contributed by atoms with Crippen molar-refractivity contribution in [2.75, 3.05) is 6.54 Å². The lowest BCUT2D eigenvalue weighted by Gasteiger charge is -2.28. The molecule has 0 aliphatic carbocycles. The molecule has 1 unspecified atom stereocenters. The summed E-state index contributed by atoms with van der Waals surface area (Å²) in [5, 5.41) is 3.37. The van der Waals surface area contributed by atoms with E-state index in [1.165, 1.54) is 12.5 Å². The molecule has 1 nitrogen and oxygen atoms in total. The fourth-order valence-electron chi connectivity index (χ4n) is 2.10. The van der Waals surface area contributed by atoms with Crippen LogP contribution in [0.25, 0.3) is 0 Å². The monoisotopic (exact) mass is 193 g/mol. The number of piperidine rings is 1. The van der Waals surface area contributed by atoms with E-state index >= 15 is 0 Å². The first kappa shape index (κ1) is 9.66. The van der Waals surface area contributed by atoms with Crippen molar-refractivity contribution < 1.29 is 4.39 Å². The Kier molecular flexibility index (Phi) is 2.82. The third kappa shape index (κ3) is 1.95. The molecular weight excluding hydrogens is 177 g/mol. The highest BCUT2D eigenvalue weighted by Gasteiger charge is 2.21. The number of hydrogen-bond acceptors (Lipinski definition) is 1. The predicted octanol–water partition coefficient (Wildman–Crippen LogP) is 2.89. The Hall–Kier alpha value is -0.890. The van der Waals surface area contributed by atoms with Gasteiger partial charge in [0.05, 0.1) is 0 Å². The SMILES string of the molecule is CC1CCN[C@H](c2ccccc2F)C1. The first-order chi connectivity index (χ1) is 6.77. The Morgan fingerprint density at radius 2 is 2.14 bits per heavy atom. The summed E-state index contributed by atoms with van der Waals surface area (Å²) in [6, 6.07) is 7.27. The van der Waals surface area contributed by atoms with E-state index in [2.05, 4.69) is 12.2 Å². The molecule has 0 radical (unpaired) electrons. The van der Waals surface area contributed by atoms with Crippen LogP contribution in [-0.2, 0) is 0 Å². The minimum Gasteiger partial charge on any atom is -0.310 e. The molecule has 1 heterocycles. The summed E-state index contributed by atoms with van der Waals surface area (Å²) < 4.78 is 13.5. The zero-order valence-electron chi connectivity index (χ0n) is 8.46. The van der Waals surface area contributed by atoms with E-state index in [4.69, 9.17) is 0 Å². The van der Waals surface area contributed by atoms with Crippen molar-refractivity contribution >= 4 is 0 Å². The van der Waals surface area contributed by atoms with E-state index in [1.807, 2.05) is 12.1 Å². The number of halogens is 1. The fourth-order valence-corrected chi connectivity index (χ4v) is 2.10. The molecule has 1 fully saturated rings. The van der Waals surface area contributed by atoms with Gasteiger partial charge in [-0.15, -0.1) is 0 Å². The number of nitrogens with one attached hydrogen (secondary N) is 1. The Labute approximate surface area is 84.3 Å². The number of rotatable bonds is 1. The second kappa shape index (κ2) is 4.09. The van der Waals surface area contributed by atoms with Gasteiger partial charge in [0, 0.05) is 11.6 Å². The van der Waals surface area contributed by atoms with Crippen LogP contribution in [0.4, 0.5) is 4.39 Å². The molecule has 1 aromatic rings. The van der Waals surface area contributed by atoms with Gasteiger partial charge < -0.3 is 5.32 Å². The molecule has 1 saturated heterocycles. The average molecular weight is 193 g/mol. The zero-order valence-corrected chi connectivity index (χ0v) is 8.46. The normalized spacial score (nSPS) is 27.6. The van der Waals surface area contributed by atoms with Gasteiger partial charge in [-0.25, -0.2) is 4.39 Å². The van der Waals surface area contributed by atoms with Crippen molar-refractivity contribution in [1.29, 1.82) is 0 Å². The van der Waals surface area contributed by atoms with Crippen LogP contribution in [0, 0.1) is 11.7 Å². The van der Waals surface area contributed by atoms with Gasteiger partial charge in [0.1, 0.15) is 5.82 Å². The Balaban J connectivity index is 2.18. The number of hydrogen-bond donors (Lipinski definition) is 1. The fraction of sp³-hybridized carbons (Fsp3) is 0.500. The molecular formula is C12H16FN. The molecule has 2 rings (SSSR count). The summed E-state index contributed by atoms with van der Waals surface area (Å²) in [7, 11) is 0. The van der Waals surface area contributed by atoms with Gasteiger partial charge in [-0.05, 0) is 31.4 Å². The van der Waals surface area contributed by atoms with Gasteiger partial charge in [-0.1, -0.05) is 25.1 Å². The highest BCUT2D eigenvalue weighted by Crippen LogP contribution is 2.28. The Bertz CT molecular complexity index is 311. The second-order valence-electron chi connectivity index (χ2n) is 4.16. The van der Waals surface area contributed by atoms with Gasteiger partial charge in [-0.2, -0.15) is 0 Å². The minimum absolute atomic E-state index is 0.0842. The smallest absolute Gasteiger partial charge is 0.127 e. The van der Waals surface area contributed by atoms with Gasteiger partial charge in [0.2, 0.25) is 0 Å². The first-order valence-corrected chi connectivity index (χ1v) is 5.25. The lowest BCUT2D eigenvalue weighted by atomic mass is 9.90. The first-order valence-electron chi connectivity index (χ1n) is 5.25. The third-order valence-corrected chi connectivity index (χ3v) is 2.95. The second-order valence-corrected chi connectivity index (χ2v) is 4.16. The van der Waals surface area contributed by atoms with Crippen molar-refractivity contribution in [1.82, 2.24) is 5.32 Å². The molecule has 0 bridgehead atoms. The van der Waals surface area contributed by atoms with E-state index in [-0.39, 0.29) is 11.9 Å². The van der Waals surface area contributed by atoms with Crippen molar-refractivity contribution in [3.05, 3.63) is 35.6 Å². The highest BCUT2D eigenvalue weighted by molar-refractivity contribution is 5.21. The van der Waals surface area contributed by atoms with Crippen LogP contribution in [0.15, 0.2) is 24.3 Å².